The zero-order valence-electron chi connectivity index (χ0n) is 14.7. The van der Waals surface area contributed by atoms with Gasteiger partial charge in [0, 0.05) is 50.7 Å². The fourth-order valence-electron chi connectivity index (χ4n) is 2.98. The van der Waals surface area contributed by atoms with E-state index in [4.69, 9.17) is 0 Å². The number of carbonyl (C=O) groups is 1. The van der Waals surface area contributed by atoms with Gasteiger partial charge in [0.15, 0.2) is 0 Å². The third-order valence-corrected chi connectivity index (χ3v) is 4.36. The molecule has 0 spiro atoms. The quantitative estimate of drug-likeness (QED) is 0.833. The maximum absolute atomic E-state index is 12.4. The van der Waals surface area contributed by atoms with Crippen molar-refractivity contribution in [1.29, 1.82) is 0 Å². The highest BCUT2D eigenvalue weighted by atomic mass is 16.2. The van der Waals surface area contributed by atoms with Crippen molar-refractivity contribution in [3.63, 3.8) is 0 Å². The van der Waals surface area contributed by atoms with Crippen LogP contribution < -0.4 is 5.32 Å². The van der Waals surface area contributed by atoms with E-state index in [0.29, 0.717) is 19.0 Å². The number of aromatic nitrogens is 2. The Labute approximate surface area is 148 Å². The Hall–Kier alpha value is -2.47. The molecule has 6 nitrogen and oxygen atoms in total. The molecule has 1 N–H and O–H groups in total. The Bertz CT molecular complexity index is 674. The molecule has 0 saturated carbocycles. The van der Waals surface area contributed by atoms with E-state index in [9.17, 15) is 4.79 Å². The number of piperazine rings is 1. The molecular weight excluding hydrogens is 314 g/mol. The average Bonchev–Trinajstić information content (AvgIpc) is 2.64. The summed E-state index contributed by atoms with van der Waals surface area (Å²) in [5.74, 6) is 0.848. The van der Waals surface area contributed by atoms with Crippen LogP contribution in [0.4, 0.5) is 5.95 Å². The first-order valence-electron chi connectivity index (χ1n) is 8.83. The van der Waals surface area contributed by atoms with E-state index >= 15 is 0 Å². The van der Waals surface area contributed by atoms with Gasteiger partial charge in [0.25, 0.3) is 0 Å². The molecule has 1 amide bonds. The van der Waals surface area contributed by atoms with Crippen LogP contribution >= 0.6 is 0 Å². The van der Waals surface area contributed by atoms with E-state index < -0.39 is 0 Å². The average molecular weight is 339 g/mol. The summed E-state index contributed by atoms with van der Waals surface area (Å²) >= 11 is 0. The molecule has 1 saturated heterocycles. The standard InChI is InChI=1S/C19H25N5O/c1-2-20-19-21-12-17(13-22-19)14-23-10-11-24(18(25)15-23)9-8-16-6-4-3-5-7-16/h3-7,12-13H,2,8-11,14-15H2,1H3,(H,20,21,22). The molecule has 6 heteroatoms. The van der Waals surface area contributed by atoms with Gasteiger partial charge in [-0.2, -0.15) is 0 Å². The Morgan fingerprint density at radius 2 is 1.84 bits per heavy atom. The first-order valence-corrected chi connectivity index (χ1v) is 8.83. The number of amides is 1. The molecule has 0 unspecified atom stereocenters. The second-order valence-electron chi connectivity index (χ2n) is 6.27. The van der Waals surface area contributed by atoms with Crippen molar-refractivity contribution >= 4 is 11.9 Å². The molecule has 2 heterocycles. The Kier molecular flexibility index (Phi) is 5.95. The molecule has 25 heavy (non-hydrogen) atoms. The molecular formula is C19H25N5O. The minimum Gasteiger partial charge on any atom is -0.355 e. The lowest BCUT2D eigenvalue weighted by Gasteiger charge is -2.34. The Balaban J connectivity index is 1.47. The van der Waals surface area contributed by atoms with Crippen LogP contribution in [0.3, 0.4) is 0 Å². The molecule has 0 aliphatic carbocycles. The predicted octanol–water partition coefficient (Wildman–Crippen LogP) is 1.80. The number of nitrogens with one attached hydrogen (secondary N) is 1. The van der Waals surface area contributed by atoms with E-state index in [1.165, 1.54) is 5.56 Å². The number of rotatable bonds is 7. The summed E-state index contributed by atoms with van der Waals surface area (Å²) in [6.45, 7) is 6.45. The van der Waals surface area contributed by atoms with Gasteiger partial charge >= 0.3 is 0 Å². The molecule has 3 rings (SSSR count). The third kappa shape index (κ3) is 5.00. The summed E-state index contributed by atoms with van der Waals surface area (Å²) in [5.41, 5.74) is 2.31. The van der Waals surface area contributed by atoms with Crippen LogP contribution in [0.25, 0.3) is 0 Å². The number of carbonyl (C=O) groups excluding carboxylic acids is 1. The van der Waals surface area contributed by atoms with Crippen molar-refractivity contribution in [3.8, 4) is 0 Å². The minimum atomic E-state index is 0.201. The van der Waals surface area contributed by atoms with Crippen LogP contribution in [-0.2, 0) is 17.8 Å². The maximum Gasteiger partial charge on any atom is 0.236 e. The number of hydrogen-bond donors (Lipinski definition) is 1. The van der Waals surface area contributed by atoms with E-state index in [-0.39, 0.29) is 5.91 Å². The molecule has 1 aliphatic heterocycles. The van der Waals surface area contributed by atoms with Crippen LogP contribution in [0.1, 0.15) is 18.1 Å². The van der Waals surface area contributed by atoms with Crippen molar-refractivity contribution in [2.45, 2.75) is 19.9 Å². The minimum absolute atomic E-state index is 0.201. The molecule has 132 valence electrons. The largest absolute Gasteiger partial charge is 0.355 e. The fraction of sp³-hybridized carbons (Fsp3) is 0.421. The lowest BCUT2D eigenvalue weighted by Crippen LogP contribution is -2.50. The van der Waals surface area contributed by atoms with E-state index in [1.54, 1.807) is 0 Å². The Morgan fingerprint density at radius 1 is 1.08 bits per heavy atom. The predicted molar refractivity (Wildman–Crippen MR) is 98.2 cm³/mol. The van der Waals surface area contributed by atoms with Gasteiger partial charge in [-0.3, -0.25) is 9.69 Å². The van der Waals surface area contributed by atoms with Crippen molar-refractivity contribution < 1.29 is 4.79 Å². The number of hydrogen-bond acceptors (Lipinski definition) is 5. The smallest absolute Gasteiger partial charge is 0.236 e. The lowest BCUT2D eigenvalue weighted by molar-refractivity contribution is -0.136. The van der Waals surface area contributed by atoms with Crippen LogP contribution in [0.2, 0.25) is 0 Å². The SMILES string of the molecule is CCNc1ncc(CN2CCN(CCc3ccccc3)C(=O)C2)cn1. The highest BCUT2D eigenvalue weighted by Gasteiger charge is 2.23. The third-order valence-electron chi connectivity index (χ3n) is 4.36. The topological polar surface area (TPSA) is 61.4 Å². The number of benzene rings is 1. The molecule has 0 bridgehead atoms. The summed E-state index contributed by atoms with van der Waals surface area (Å²) in [7, 11) is 0. The van der Waals surface area contributed by atoms with Gasteiger partial charge in [-0.15, -0.1) is 0 Å². The zero-order valence-corrected chi connectivity index (χ0v) is 14.7. The van der Waals surface area contributed by atoms with Crippen molar-refractivity contribution in [2.75, 3.05) is 38.0 Å². The zero-order chi connectivity index (χ0) is 17.5. The second kappa shape index (κ2) is 8.58. The molecule has 0 atom stereocenters. The van der Waals surface area contributed by atoms with Crippen LogP contribution in [-0.4, -0.2) is 58.4 Å². The van der Waals surface area contributed by atoms with E-state index in [0.717, 1.165) is 38.2 Å². The molecule has 2 aromatic rings. The van der Waals surface area contributed by atoms with Gasteiger partial charge in [0.05, 0.1) is 6.54 Å². The summed E-state index contributed by atoms with van der Waals surface area (Å²) in [6.07, 6.45) is 4.57. The number of nitrogens with zero attached hydrogens (tertiary/aromatic N) is 4. The van der Waals surface area contributed by atoms with E-state index in [2.05, 4.69) is 32.3 Å². The van der Waals surface area contributed by atoms with E-state index in [1.807, 2.05) is 42.4 Å². The van der Waals surface area contributed by atoms with Gasteiger partial charge in [-0.25, -0.2) is 9.97 Å². The second-order valence-corrected chi connectivity index (χ2v) is 6.27. The molecule has 1 aromatic heterocycles. The molecule has 0 radical (unpaired) electrons. The summed E-state index contributed by atoms with van der Waals surface area (Å²) < 4.78 is 0. The van der Waals surface area contributed by atoms with Crippen LogP contribution in [0.15, 0.2) is 42.7 Å². The molecule has 1 fully saturated rings. The van der Waals surface area contributed by atoms with Crippen LogP contribution in [0.5, 0.6) is 0 Å². The van der Waals surface area contributed by atoms with Crippen LogP contribution in [0, 0.1) is 0 Å². The van der Waals surface area contributed by atoms with Gasteiger partial charge < -0.3 is 10.2 Å². The fourth-order valence-corrected chi connectivity index (χ4v) is 2.98. The normalized spacial score (nSPS) is 15.4. The highest BCUT2D eigenvalue weighted by molar-refractivity contribution is 5.79. The summed E-state index contributed by atoms with van der Waals surface area (Å²) in [4.78, 5) is 25.1. The summed E-state index contributed by atoms with van der Waals surface area (Å²) in [6, 6.07) is 10.3. The van der Waals surface area contributed by atoms with Gasteiger partial charge in [0.2, 0.25) is 11.9 Å². The first-order chi connectivity index (χ1) is 12.2. The van der Waals surface area contributed by atoms with Crippen molar-refractivity contribution in [1.82, 2.24) is 19.8 Å². The van der Waals surface area contributed by atoms with Gasteiger partial charge in [0.1, 0.15) is 0 Å². The highest BCUT2D eigenvalue weighted by Crippen LogP contribution is 2.10. The monoisotopic (exact) mass is 339 g/mol. The van der Waals surface area contributed by atoms with Gasteiger partial charge in [-0.1, -0.05) is 30.3 Å². The van der Waals surface area contributed by atoms with Crippen molar-refractivity contribution in [2.24, 2.45) is 0 Å². The maximum atomic E-state index is 12.4. The lowest BCUT2D eigenvalue weighted by atomic mass is 10.1. The van der Waals surface area contributed by atoms with Crippen molar-refractivity contribution in [3.05, 3.63) is 53.9 Å². The molecule has 1 aromatic carbocycles. The Morgan fingerprint density at radius 3 is 2.52 bits per heavy atom. The first kappa shape index (κ1) is 17.4. The number of anilines is 1. The summed E-state index contributed by atoms with van der Waals surface area (Å²) in [5, 5.41) is 3.08. The van der Waals surface area contributed by atoms with Gasteiger partial charge in [-0.05, 0) is 18.9 Å². The molecule has 1 aliphatic rings.